The van der Waals surface area contributed by atoms with Crippen molar-refractivity contribution in [1.29, 1.82) is 0 Å². The van der Waals surface area contributed by atoms with Gasteiger partial charge in [-0.25, -0.2) is 4.68 Å². The summed E-state index contributed by atoms with van der Waals surface area (Å²) >= 11 is 13.0. The van der Waals surface area contributed by atoms with Crippen LogP contribution in [0.25, 0.3) is 5.65 Å². The van der Waals surface area contributed by atoms with Gasteiger partial charge in [0.1, 0.15) is 0 Å². The molecule has 0 saturated heterocycles. The molecule has 7 heteroatoms. The highest BCUT2D eigenvalue weighted by Gasteiger charge is 2.07. The summed E-state index contributed by atoms with van der Waals surface area (Å²) in [7, 11) is 2.04. The minimum absolute atomic E-state index is 0.649. The van der Waals surface area contributed by atoms with Crippen molar-refractivity contribution in [2.75, 3.05) is 7.05 Å². The molecular weight excluding hydrogens is 312 g/mol. The molecule has 0 atom stereocenters. The molecule has 3 aromatic heterocycles. The average Bonchev–Trinajstić information content (AvgIpc) is 2.95. The molecule has 0 saturated carbocycles. The normalized spacial score (nSPS) is 11.6. The molecule has 20 heavy (non-hydrogen) atoms. The number of fused-ring (bicyclic) bond motifs is 1. The first kappa shape index (κ1) is 13.8. The standard InChI is InChI=1S/C13H13ClN4S2/c1-16(8-10-5-6-11(14)20-10)9-18-13(19)17-7-3-2-4-12(17)15-18/h2-7H,8-9H2,1H3. The van der Waals surface area contributed by atoms with Crippen molar-refractivity contribution < 1.29 is 0 Å². The Morgan fingerprint density at radius 3 is 2.90 bits per heavy atom. The Morgan fingerprint density at radius 1 is 1.35 bits per heavy atom. The Kier molecular flexibility index (Phi) is 3.89. The first-order valence-corrected chi connectivity index (χ1v) is 7.71. The van der Waals surface area contributed by atoms with Crippen LogP contribution in [0.4, 0.5) is 0 Å². The van der Waals surface area contributed by atoms with Crippen molar-refractivity contribution in [2.45, 2.75) is 13.2 Å². The molecule has 4 nitrogen and oxygen atoms in total. The Hall–Kier alpha value is -1.21. The third-order valence-electron chi connectivity index (χ3n) is 2.92. The maximum atomic E-state index is 5.95. The van der Waals surface area contributed by atoms with Crippen molar-refractivity contribution >= 4 is 40.8 Å². The van der Waals surface area contributed by atoms with Crippen LogP contribution >= 0.6 is 35.2 Å². The summed E-state index contributed by atoms with van der Waals surface area (Å²) in [6, 6.07) is 9.83. The minimum atomic E-state index is 0.649. The third kappa shape index (κ3) is 2.78. The summed E-state index contributed by atoms with van der Waals surface area (Å²) in [5.74, 6) is 0. The summed E-state index contributed by atoms with van der Waals surface area (Å²) in [5, 5.41) is 4.51. The number of rotatable bonds is 4. The number of halogens is 1. The summed E-state index contributed by atoms with van der Waals surface area (Å²) in [6.45, 7) is 1.48. The van der Waals surface area contributed by atoms with E-state index in [4.69, 9.17) is 23.8 Å². The van der Waals surface area contributed by atoms with Gasteiger partial charge in [-0.2, -0.15) is 5.10 Å². The van der Waals surface area contributed by atoms with Crippen LogP contribution in [-0.4, -0.2) is 26.1 Å². The fourth-order valence-corrected chi connectivity index (χ4v) is 3.46. The van der Waals surface area contributed by atoms with Gasteiger partial charge in [0.25, 0.3) is 0 Å². The Labute approximate surface area is 130 Å². The van der Waals surface area contributed by atoms with Crippen molar-refractivity contribution in [3.05, 3.63) is 50.5 Å². The fraction of sp³-hybridized carbons (Fsp3) is 0.231. The topological polar surface area (TPSA) is 25.5 Å². The van der Waals surface area contributed by atoms with Gasteiger partial charge < -0.3 is 0 Å². The predicted molar refractivity (Wildman–Crippen MR) is 84.8 cm³/mol. The second-order valence-electron chi connectivity index (χ2n) is 4.57. The molecule has 0 amide bonds. The van der Waals surface area contributed by atoms with Gasteiger partial charge in [0.15, 0.2) is 5.65 Å². The molecule has 0 bridgehead atoms. The number of hydrogen-bond donors (Lipinski definition) is 0. The lowest BCUT2D eigenvalue weighted by Crippen LogP contribution is -2.22. The second-order valence-corrected chi connectivity index (χ2v) is 6.74. The first-order chi connectivity index (χ1) is 9.63. The zero-order chi connectivity index (χ0) is 14.1. The van der Waals surface area contributed by atoms with E-state index >= 15 is 0 Å². The molecule has 3 heterocycles. The second kappa shape index (κ2) is 5.65. The van der Waals surface area contributed by atoms with Gasteiger partial charge in [0, 0.05) is 17.6 Å². The molecule has 104 valence electrons. The lowest BCUT2D eigenvalue weighted by Gasteiger charge is -2.14. The Bertz CT molecular complexity index is 789. The Morgan fingerprint density at radius 2 is 2.20 bits per heavy atom. The highest BCUT2D eigenvalue weighted by molar-refractivity contribution is 7.71. The molecule has 0 spiro atoms. The Balaban J connectivity index is 1.79. The minimum Gasteiger partial charge on any atom is -0.282 e. The maximum absolute atomic E-state index is 5.95. The molecule has 3 rings (SSSR count). The molecule has 0 aliphatic rings. The van der Waals surface area contributed by atoms with Gasteiger partial charge in [0.2, 0.25) is 4.77 Å². The molecular formula is C13H13ClN4S2. The largest absolute Gasteiger partial charge is 0.282 e. The summed E-state index contributed by atoms with van der Waals surface area (Å²) < 4.78 is 5.26. The quantitative estimate of drug-likeness (QED) is 0.685. The van der Waals surface area contributed by atoms with E-state index < -0.39 is 0 Å². The molecule has 0 fully saturated rings. The molecule has 3 aromatic rings. The smallest absolute Gasteiger partial charge is 0.203 e. The van der Waals surface area contributed by atoms with E-state index in [-0.39, 0.29) is 0 Å². The molecule has 0 aromatic carbocycles. The van der Waals surface area contributed by atoms with Crippen LogP contribution in [0, 0.1) is 4.77 Å². The number of thiophene rings is 1. The average molecular weight is 325 g/mol. The van der Waals surface area contributed by atoms with Gasteiger partial charge in [-0.3, -0.25) is 9.30 Å². The summed E-state index contributed by atoms with van der Waals surface area (Å²) in [4.78, 5) is 3.39. The van der Waals surface area contributed by atoms with E-state index in [1.807, 2.05) is 52.7 Å². The van der Waals surface area contributed by atoms with Crippen molar-refractivity contribution in [2.24, 2.45) is 0 Å². The monoisotopic (exact) mass is 324 g/mol. The molecule has 0 aliphatic heterocycles. The van der Waals surface area contributed by atoms with Crippen LogP contribution in [-0.2, 0) is 13.2 Å². The molecule has 0 radical (unpaired) electrons. The highest BCUT2D eigenvalue weighted by atomic mass is 35.5. The van der Waals surface area contributed by atoms with Crippen LogP contribution in [0.3, 0.4) is 0 Å². The van der Waals surface area contributed by atoms with E-state index in [1.54, 1.807) is 11.3 Å². The van der Waals surface area contributed by atoms with Crippen molar-refractivity contribution in [3.8, 4) is 0 Å². The van der Waals surface area contributed by atoms with E-state index in [0.29, 0.717) is 11.4 Å². The molecule has 0 N–H and O–H groups in total. The van der Waals surface area contributed by atoms with E-state index in [2.05, 4.69) is 10.00 Å². The lowest BCUT2D eigenvalue weighted by molar-refractivity contribution is 0.246. The van der Waals surface area contributed by atoms with Crippen molar-refractivity contribution in [1.82, 2.24) is 19.1 Å². The van der Waals surface area contributed by atoms with Crippen LogP contribution in [0.2, 0.25) is 4.34 Å². The number of aromatic nitrogens is 3. The SMILES string of the molecule is CN(Cc1ccc(Cl)s1)Cn1nc2ccccn2c1=S. The summed E-state index contributed by atoms with van der Waals surface area (Å²) in [6.07, 6.45) is 1.93. The van der Waals surface area contributed by atoms with Crippen LogP contribution in [0.15, 0.2) is 36.5 Å². The molecule has 0 aliphatic carbocycles. The van der Waals surface area contributed by atoms with Gasteiger partial charge in [-0.1, -0.05) is 17.7 Å². The zero-order valence-corrected chi connectivity index (χ0v) is 13.3. The third-order valence-corrected chi connectivity index (χ3v) is 4.54. The lowest BCUT2D eigenvalue weighted by atomic mass is 10.4. The van der Waals surface area contributed by atoms with Gasteiger partial charge in [-0.05, 0) is 43.5 Å². The van der Waals surface area contributed by atoms with Crippen LogP contribution in [0.5, 0.6) is 0 Å². The highest BCUT2D eigenvalue weighted by Crippen LogP contribution is 2.22. The van der Waals surface area contributed by atoms with Gasteiger partial charge >= 0.3 is 0 Å². The molecule has 0 unspecified atom stereocenters. The number of hydrogen-bond acceptors (Lipinski definition) is 4. The fourth-order valence-electron chi connectivity index (χ4n) is 2.04. The van der Waals surface area contributed by atoms with E-state index in [9.17, 15) is 0 Å². The number of pyridine rings is 1. The first-order valence-electron chi connectivity index (χ1n) is 6.10. The van der Waals surface area contributed by atoms with E-state index in [1.165, 1.54) is 4.88 Å². The van der Waals surface area contributed by atoms with Gasteiger partial charge in [0.05, 0.1) is 11.0 Å². The predicted octanol–water partition coefficient (Wildman–Crippen LogP) is 3.67. The van der Waals surface area contributed by atoms with Crippen LogP contribution in [0.1, 0.15) is 4.88 Å². The van der Waals surface area contributed by atoms with E-state index in [0.717, 1.165) is 16.5 Å². The van der Waals surface area contributed by atoms with Gasteiger partial charge in [-0.15, -0.1) is 11.3 Å². The maximum Gasteiger partial charge on any atom is 0.203 e. The number of nitrogens with zero attached hydrogens (tertiary/aromatic N) is 4. The summed E-state index contributed by atoms with van der Waals surface area (Å²) in [5.41, 5.74) is 0.866. The van der Waals surface area contributed by atoms with Crippen LogP contribution < -0.4 is 0 Å². The zero-order valence-electron chi connectivity index (χ0n) is 10.9. The van der Waals surface area contributed by atoms with Crippen molar-refractivity contribution in [3.63, 3.8) is 0 Å².